The lowest BCUT2D eigenvalue weighted by Gasteiger charge is -2.27. The lowest BCUT2D eigenvalue weighted by atomic mass is 9.94. The van der Waals surface area contributed by atoms with E-state index in [1.165, 1.54) is 22.3 Å². The molecule has 0 radical (unpaired) electrons. The summed E-state index contributed by atoms with van der Waals surface area (Å²) < 4.78 is 14.8. The molecule has 0 spiro atoms. The number of hydrogen-bond acceptors (Lipinski definition) is 5. The fraction of sp³-hybridized carbons (Fsp3) is 0.208. The van der Waals surface area contributed by atoms with Crippen molar-refractivity contribution in [3.8, 4) is 0 Å². The molecule has 158 valence electrons. The molecule has 1 amide bonds. The van der Waals surface area contributed by atoms with Crippen LogP contribution >= 0.6 is 11.3 Å². The van der Waals surface area contributed by atoms with Gasteiger partial charge in [0.05, 0.1) is 27.2 Å². The Bertz CT molecular complexity index is 1190. The number of thiazole rings is 1. The van der Waals surface area contributed by atoms with Gasteiger partial charge < -0.3 is 10.0 Å². The van der Waals surface area contributed by atoms with Crippen LogP contribution in [0.15, 0.2) is 65.9 Å². The number of aliphatic hydroxyl groups is 1. The zero-order valence-electron chi connectivity index (χ0n) is 17.1. The number of halogens is 1. The van der Waals surface area contributed by atoms with Crippen molar-refractivity contribution in [2.75, 3.05) is 6.54 Å². The molecule has 31 heavy (non-hydrogen) atoms. The summed E-state index contributed by atoms with van der Waals surface area (Å²) >= 11 is 1.20. The number of aliphatic hydroxyl groups excluding tert-OH is 1. The van der Waals surface area contributed by atoms with E-state index >= 15 is 0 Å². The van der Waals surface area contributed by atoms with Gasteiger partial charge in [0, 0.05) is 12.1 Å². The number of nitrogens with zero attached hydrogens (tertiary/aromatic N) is 2. The minimum atomic E-state index is -1.01. The Kier molecular flexibility index (Phi) is 5.69. The van der Waals surface area contributed by atoms with Crippen LogP contribution in [0, 0.1) is 19.7 Å². The van der Waals surface area contributed by atoms with E-state index in [1.54, 1.807) is 32.0 Å². The molecule has 1 aliphatic rings. The van der Waals surface area contributed by atoms with E-state index in [0.29, 0.717) is 22.0 Å². The SMILES string of the molecule is Cc1nc(C)c(C(=O)C2=C(O)C(=O)N(CCc3ccccc3)C2c2ccccc2F)s1. The first kappa shape index (κ1) is 20.9. The second kappa shape index (κ2) is 8.43. The van der Waals surface area contributed by atoms with Crippen LogP contribution in [0.1, 0.15) is 37.5 Å². The Morgan fingerprint density at radius 2 is 1.81 bits per heavy atom. The average molecular weight is 437 g/mol. The van der Waals surface area contributed by atoms with E-state index in [-0.39, 0.29) is 17.7 Å². The first-order valence-electron chi connectivity index (χ1n) is 9.89. The lowest BCUT2D eigenvalue weighted by molar-refractivity contribution is -0.129. The fourth-order valence-corrected chi connectivity index (χ4v) is 4.77. The molecule has 7 heteroatoms. The second-order valence-electron chi connectivity index (χ2n) is 7.40. The number of carbonyl (C=O) groups is 2. The number of Topliss-reactive ketones (excluding diaryl/α,β-unsaturated/α-hetero) is 1. The number of carbonyl (C=O) groups excluding carboxylic acids is 2. The summed E-state index contributed by atoms with van der Waals surface area (Å²) in [6, 6.07) is 14.6. The van der Waals surface area contributed by atoms with Gasteiger partial charge in [-0.15, -0.1) is 11.3 Å². The van der Waals surface area contributed by atoms with Gasteiger partial charge in [0.1, 0.15) is 5.82 Å². The van der Waals surface area contributed by atoms with E-state index < -0.39 is 29.3 Å². The van der Waals surface area contributed by atoms with E-state index in [4.69, 9.17) is 0 Å². The van der Waals surface area contributed by atoms with Crippen molar-refractivity contribution in [1.82, 2.24) is 9.88 Å². The van der Waals surface area contributed by atoms with Crippen molar-refractivity contribution in [1.29, 1.82) is 0 Å². The Hall–Kier alpha value is -3.32. The van der Waals surface area contributed by atoms with Crippen molar-refractivity contribution >= 4 is 23.0 Å². The van der Waals surface area contributed by atoms with Gasteiger partial charge >= 0.3 is 0 Å². The van der Waals surface area contributed by atoms with Gasteiger partial charge in [0.25, 0.3) is 5.91 Å². The molecule has 5 nitrogen and oxygen atoms in total. The molecule has 0 aliphatic carbocycles. The smallest absolute Gasteiger partial charge is 0.290 e. The predicted octanol–water partition coefficient (Wildman–Crippen LogP) is 4.72. The summed E-state index contributed by atoms with van der Waals surface area (Å²) in [6.45, 7) is 3.71. The maximum absolute atomic E-state index is 14.8. The highest BCUT2D eigenvalue weighted by Gasteiger charge is 2.45. The quantitative estimate of drug-likeness (QED) is 0.568. The van der Waals surface area contributed by atoms with E-state index in [2.05, 4.69) is 4.98 Å². The molecule has 3 aromatic rings. The summed E-state index contributed by atoms with van der Waals surface area (Å²) in [5.41, 5.74) is 1.59. The number of ketones is 1. The van der Waals surface area contributed by atoms with Crippen LogP contribution in [0.3, 0.4) is 0 Å². The summed E-state index contributed by atoms with van der Waals surface area (Å²) in [5.74, 6) is -2.34. The standard InChI is InChI=1S/C24H21FN2O3S/c1-14-23(31-15(2)26-14)21(28)19-20(17-10-6-7-11-18(17)25)27(24(30)22(19)29)13-12-16-8-4-3-5-9-16/h3-11,20,29H,12-13H2,1-2H3. The van der Waals surface area contributed by atoms with Gasteiger partial charge in [-0.05, 0) is 31.9 Å². The lowest BCUT2D eigenvalue weighted by Crippen LogP contribution is -2.33. The third-order valence-electron chi connectivity index (χ3n) is 5.34. The number of aryl methyl sites for hydroxylation is 2. The van der Waals surface area contributed by atoms with Crippen molar-refractivity contribution in [2.24, 2.45) is 0 Å². The molecule has 4 rings (SSSR count). The van der Waals surface area contributed by atoms with Crippen molar-refractivity contribution in [2.45, 2.75) is 26.3 Å². The third-order valence-corrected chi connectivity index (χ3v) is 6.41. The minimum Gasteiger partial charge on any atom is -0.503 e. The van der Waals surface area contributed by atoms with E-state index in [1.807, 2.05) is 30.3 Å². The summed E-state index contributed by atoms with van der Waals surface area (Å²) in [4.78, 5) is 32.4. The molecule has 1 aliphatic heterocycles. The number of hydrogen-bond donors (Lipinski definition) is 1. The summed E-state index contributed by atoms with van der Waals surface area (Å²) in [5, 5.41) is 11.4. The largest absolute Gasteiger partial charge is 0.503 e. The van der Waals surface area contributed by atoms with Gasteiger partial charge in [-0.2, -0.15) is 0 Å². The zero-order valence-corrected chi connectivity index (χ0v) is 17.9. The normalized spacial score (nSPS) is 16.3. The first-order chi connectivity index (χ1) is 14.9. The molecule has 1 unspecified atom stereocenters. The zero-order chi connectivity index (χ0) is 22.1. The van der Waals surface area contributed by atoms with E-state index in [9.17, 15) is 19.1 Å². The molecule has 0 saturated heterocycles. The Labute approximate surface area is 183 Å². The van der Waals surface area contributed by atoms with Crippen molar-refractivity contribution < 1.29 is 19.1 Å². The number of benzene rings is 2. The Morgan fingerprint density at radius 3 is 2.45 bits per heavy atom. The molecule has 1 N–H and O–H groups in total. The number of amides is 1. The highest BCUT2D eigenvalue weighted by molar-refractivity contribution is 7.14. The molecule has 0 bridgehead atoms. The second-order valence-corrected chi connectivity index (χ2v) is 8.60. The maximum Gasteiger partial charge on any atom is 0.290 e. The average Bonchev–Trinajstić information content (AvgIpc) is 3.23. The topological polar surface area (TPSA) is 70.5 Å². The van der Waals surface area contributed by atoms with Crippen LogP contribution < -0.4 is 0 Å². The molecule has 0 saturated carbocycles. The van der Waals surface area contributed by atoms with Crippen LogP contribution in [-0.2, 0) is 11.2 Å². The molecular weight excluding hydrogens is 415 g/mol. The highest BCUT2D eigenvalue weighted by Crippen LogP contribution is 2.41. The Balaban J connectivity index is 1.77. The molecule has 2 heterocycles. The van der Waals surface area contributed by atoms with Crippen LogP contribution in [0.25, 0.3) is 0 Å². The monoisotopic (exact) mass is 436 g/mol. The van der Waals surface area contributed by atoms with Gasteiger partial charge in [-0.1, -0.05) is 48.5 Å². The first-order valence-corrected chi connectivity index (χ1v) is 10.7. The molecule has 0 fully saturated rings. The predicted molar refractivity (Wildman–Crippen MR) is 117 cm³/mol. The molecule has 1 atom stereocenters. The van der Waals surface area contributed by atoms with Gasteiger partial charge in [-0.25, -0.2) is 9.37 Å². The number of rotatable bonds is 6. The van der Waals surface area contributed by atoms with Crippen LogP contribution in [0.4, 0.5) is 4.39 Å². The summed E-state index contributed by atoms with van der Waals surface area (Å²) in [6.07, 6.45) is 0.505. The van der Waals surface area contributed by atoms with Gasteiger partial charge in [-0.3, -0.25) is 9.59 Å². The van der Waals surface area contributed by atoms with Crippen molar-refractivity contribution in [3.63, 3.8) is 0 Å². The molecular formula is C24H21FN2O3S. The fourth-order valence-electron chi connectivity index (χ4n) is 3.89. The van der Waals surface area contributed by atoms with Crippen molar-refractivity contribution in [3.05, 3.63) is 98.5 Å². The number of aromatic nitrogens is 1. The molecule has 2 aromatic carbocycles. The Morgan fingerprint density at radius 1 is 1.13 bits per heavy atom. The summed E-state index contributed by atoms with van der Waals surface area (Å²) in [7, 11) is 0. The maximum atomic E-state index is 14.8. The highest BCUT2D eigenvalue weighted by atomic mass is 32.1. The van der Waals surface area contributed by atoms with Gasteiger partial charge in [0.2, 0.25) is 5.78 Å². The van der Waals surface area contributed by atoms with Crippen LogP contribution in [0.5, 0.6) is 0 Å². The van der Waals surface area contributed by atoms with E-state index in [0.717, 1.165) is 5.56 Å². The van der Waals surface area contributed by atoms with Crippen LogP contribution in [0.2, 0.25) is 0 Å². The molecule has 1 aromatic heterocycles. The minimum absolute atomic E-state index is 0.102. The third kappa shape index (κ3) is 3.88. The van der Waals surface area contributed by atoms with Gasteiger partial charge in [0.15, 0.2) is 5.76 Å². The van der Waals surface area contributed by atoms with Crippen LogP contribution in [-0.4, -0.2) is 33.2 Å².